The number of ketones is 1. The molecule has 3 amide bonds. The second kappa shape index (κ2) is 8.77. The molecule has 0 fully saturated rings. The number of anilines is 1. The highest BCUT2D eigenvalue weighted by atomic mass is 16.5. The van der Waals surface area contributed by atoms with Crippen molar-refractivity contribution in [2.45, 2.75) is 32.9 Å². The van der Waals surface area contributed by atoms with E-state index >= 15 is 0 Å². The maximum atomic E-state index is 12.7. The molecule has 0 spiro atoms. The van der Waals surface area contributed by atoms with Crippen LogP contribution in [-0.4, -0.2) is 36.3 Å². The van der Waals surface area contributed by atoms with Crippen LogP contribution >= 0.6 is 0 Å². The van der Waals surface area contributed by atoms with Gasteiger partial charge in [0.2, 0.25) is 11.7 Å². The minimum atomic E-state index is -0.961. The molecule has 0 saturated heterocycles. The van der Waals surface area contributed by atoms with Crippen molar-refractivity contribution < 1.29 is 23.9 Å². The minimum Gasteiger partial charge on any atom is -0.451 e. The molecule has 1 atom stereocenters. The van der Waals surface area contributed by atoms with Crippen molar-refractivity contribution in [3.8, 4) is 0 Å². The van der Waals surface area contributed by atoms with Gasteiger partial charge in [0.1, 0.15) is 0 Å². The SMILES string of the molecule is CC(=O)N1CCc2cc(C(=O)C(C)OC(=O)c3ccc(CNC(N)=O)cc3)ccc21. The number of hydrogen-bond acceptors (Lipinski definition) is 5. The van der Waals surface area contributed by atoms with Crippen LogP contribution in [-0.2, 0) is 22.5 Å². The Balaban J connectivity index is 1.63. The molecule has 1 aliphatic rings. The third kappa shape index (κ3) is 4.65. The van der Waals surface area contributed by atoms with Gasteiger partial charge in [0.05, 0.1) is 5.56 Å². The number of nitrogens with zero attached hydrogens (tertiary/aromatic N) is 1. The Labute approximate surface area is 174 Å². The van der Waals surface area contributed by atoms with Gasteiger partial charge in [0, 0.05) is 31.3 Å². The van der Waals surface area contributed by atoms with E-state index in [1.54, 1.807) is 47.4 Å². The van der Waals surface area contributed by atoms with Gasteiger partial charge in [-0.1, -0.05) is 12.1 Å². The molecule has 3 rings (SSSR count). The number of urea groups is 1. The Morgan fingerprint density at radius 3 is 2.40 bits per heavy atom. The summed E-state index contributed by atoms with van der Waals surface area (Å²) in [5, 5.41) is 2.46. The number of fused-ring (bicyclic) bond motifs is 1. The molecule has 8 heteroatoms. The molecular weight excluding hydrogens is 386 g/mol. The fourth-order valence-electron chi connectivity index (χ4n) is 3.35. The van der Waals surface area contributed by atoms with Gasteiger partial charge >= 0.3 is 12.0 Å². The lowest BCUT2D eigenvalue weighted by molar-refractivity contribution is -0.116. The summed E-state index contributed by atoms with van der Waals surface area (Å²) < 4.78 is 5.33. The smallest absolute Gasteiger partial charge is 0.338 e. The summed E-state index contributed by atoms with van der Waals surface area (Å²) >= 11 is 0. The molecule has 1 heterocycles. The highest BCUT2D eigenvalue weighted by molar-refractivity contribution is 6.02. The van der Waals surface area contributed by atoms with Crippen LogP contribution in [0.3, 0.4) is 0 Å². The third-order valence-electron chi connectivity index (χ3n) is 4.95. The molecule has 3 N–H and O–H groups in total. The number of esters is 1. The number of benzene rings is 2. The number of Topliss-reactive ketones (excluding diaryl/α,β-unsaturated/α-hetero) is 1. The molecule has 2 aromatic carbocycles. The number of carbonyl (C=O) groups excluding carboxylic acids is 4. The number of ether oxygens (including phenoxy) is 1. The van der Waals surface area contributed by atoms with Gasteiger partial charge in [-0.05, 0) is 54.8 Å². The number of rotatable bonds is 6. The fourth-order valence-corrected chi connectivity index (χ4v) is 3.35. The van der Waals surface area contributed by atoms with Crippen LogP contribution in [0.1, 0.15) is 45.7 Å². The van der Waals surface area contributed by atoms with Crippen LogP contribution < -0.4 is 16.0 Å². The average molecular weight is 409 g/mol. The Bertz CT molecular complexity index is 1000. The van der Waals surface area contributed by atoms with Gasteiger partial charge in [-0.3, -0.25) is 9.59 Å². The maximum Gasteiger partial charge on any atom is 0.338 e. The van der Waals surface area contributed by atoms with Gasteiger partial charge in [-0.2, -0.15) is 0 Å². The summed E-state index contributed by atoms with van der Waals surface area (Å²) in [6.45, 7) is 3.88. The Hall–Kier alpha value is -3.68. The summed E-state index contributed by atoms with van der Waals surface area (Å²) in [4.78, 5) is 49.2. The number of carbonyl (C=O) groups is 4. The average Bonchev–Trinajstić information content (AvgIpc) is 3.15. The van der Waals surface area contributed by atoms with Gasteiger partial charge in [0.25, 0.3) is 0 Å². The van der Waals surface area contributed by atoms with Crippen molar-refractivity contribution in [1.82, 2.24) is 5.32 Å². The number of hydrogen-bond donors (Lipinski definition) is 2. The number of amides is 3. The van der Waals surface area contributed by atoms with E-state index < -0.39 is 18.1 Å². The second-order valence-electron chi connectivity index (χ2n) is 7.09. The van der Waals surface area contributed by atoms with Crippen molar-refractivity contribution >= 4 is 29.4 Å². The molecule has 156 valence electrons. The maximum absolute atomic E-state index is 12.7. The van der Waals surface area contributed by atoms with Crippen LogP contribution in [0, 0.1) is 0 Å². The molecule has 2 aromatic rings. The molecular formula is C22H23N3O5. The number of primary amides is 1. The van der Waals surface area contributed by atoms with Crippen LogP contribution in [0.25, 0.3) is 0 Å². The van der Waals surface area contributed by atoms with E-state index in [0.717, 1.165) is 16.8 Å². The van der Waals surface area contributed by atoms with Gasteiger partial charge in [-0.15, -0.1) is 0 Å². The molecule has 30 heavy (non-hydrogen) atoms. The Kier molecular flexibility index (Phi) is 6.15. The monoisotopic (exact) mass is 409 g/mol. The van der Waals surface area contributed by atoms with Crippen molar-refractivity contribution in [1.29, 1.82) is 0 Å². The normalized spacial score (nSPS) is 13.3. The molecule has 0 saturated carbocycles. The zero-order chi connectivity index (χ0) is 21.8. The molecule has 1 aliphatic heterocycles. The fraction of sp³-hybridized carbons (Fsp3) is 0.273. The van der Waals surface area contributed by atoms with Gasteiger partial charge in [-0.25, -0.2) is 9.59 Å². The molecule has 0 aromatic heterocycles. The largest absolute Gasteiger partial charge is 0.451 e. The summed E-state index contributed by atoms with van der Waals surface area (Å²) in [6.07, 6.45) is -0.279. The van der Waals surface area contributed by atoms with Crippen LogP contribution in [0.5, 0.6) is 0 Å². The van der Waals surface area contributed by atoms with Gasteiger partial charge < -0.3 is 20.7 Å². The lowest BCUT2D eigenvalue weighted by Crippen LogP contribution is -2.28. The minimum absolute atomic E-state index is 0.0356. The summed E-state index contributed by atoms with van der Waals surface area (Å²) in [7, 11) is 0. The summed E-state index contributed by atoms with van der Waals surface area (Å²) in [5.41, 5.74) is 8.27. The van der Waals surface area contributed by atoms with E-state index in [4.69, 9.17) is 10.5 Å². The highest BCUT2D eigenvalue weighted by Crippen LogP contribution is 2.29. The first-order valence-corrected chi connectivity index (χ1v) is 9.54. The van der Waals surface area contributed by atoms with Crippen LogP contribution in [0.15, 0.2) is 42.5 Å². The van der Waals surface area contributed by atoms with E-state index in [-0.39, 0.29) is 18.2 Å². The van der Waals surface area contributed by atoms with Crippen molar-refractivity contribution in [2.75, 3.05) is 11.4 Å². The van der Waals surface area contributed by atoms with E-state index in [2.05, 4.69) is 5.32 Å². The quantitative estimate of drug-likeness (QED) is 0.560. The summed E-state index contributed by atoms with van der Waals surface area (Å²) in [5.74, 6) is -0.963. The topological polar surface area (TPSA) is 119 Å². The summed E-state index contributed by atoms with van der Waals surface area (Å²) in [6, 6.07) is 11.0. The lowest BCUT2D eigenvalue weighted by atomic mass is 10.0. The first kappa shape index (κ1) is 21.0. The lowest BCUT2D eigenvalue weighted by Gasteiger charge is -2.16. The van der Waals surface area contributed by atoms with Crippen molar-refractivity contribution in [3.05, 3.63) is 64.7 Å². The Morgan fingerprint density at radius 2 is 1.77 bits per heavy atom. The highest BCUT2D eigenvalue weighted by Gasteiger charge is 2.25. The number of nitrogens with one attached hydrogen (secondary N) is 1. The van der Waals surface area contributed by atoms with Crippen molar-refractivity contribution in [2.24, 2.45) is 5.73 Å². The zero-order valence-corrected chi connectivity index (χ0v) is 16.8. The third-order valence-corrected chi connectivity index (χ3v) is 4.95. The van der Waals surface area contributed by atoms with Gasteiger partial charge in [0.15, 0.2) is 6.10 Å². The predicted octanol–water partition coefficient (Wildman–Crippen LogP) is 2.19. The first-order valence-electron chi connectivity index (χ1n) is 9.54. The zero-order valence-electron chi connectivity index (χ0n) is 16.8. The number of nitrogens with two attached hydrogens (primary N) is 1. The van der Waals surface area contributed by atoms with Crippen molar-refractivity contribution in [3.63, 3.8) is 0 Å². The second-order valence-corrected chi connectivity index (χ2v) is 7.09. The van der Waals surface area contributed by atoms with E-state index in [9.17, 15) is 19.2 Å². The van der Waals surface area contributed by atoms with E-state index in [1.807, 2.05) is 0 Å². The van der Waals surface area contributed by atoms with E-state index in [0.29, 0.717) is 24.1 Å². The molecule has 1 unspecified atom stereocenters. The molecule has 0 radical (unpaired) electrons. The molecule has 8 nitrogen and oxygen atoms in total. The molecule has 0 aliphatic carbocycles. The standard InChI is InChI=1S/C22H23N3O5/c1-13(30-21(28)16-5-3-15(4-6-16)12-24-22(23)29)20(27)18-7-8-19-17(11-18)9-10-25(19)14(2)26/h3-8,11,13H,9-10,12H2,1-2H3,(H3,23,24,29). The predicted molar refractivity (Wildman–Crippen MR) is 110 cm³/mol. The van der Waals surface area contributed by atoms with Crippen LogP contribution in [0.4, 0.5) is 10.5 Å². The Morgan fingerprint density at radius 1 is 1.10 bits per heavy atom. The van der Waals surface area contributed by atoms with E-state index in [1.165, 1.54) is 13.8 Å². The van der Waals surface area contributed by atoms with Crippen LogP contribution in [0.2, 0.25) is 0 Å². The first-order chi connectivity index (χ1) is 14.3. The molecule has 0 bridgehead atoms.